The Morgan fingerprint density at radius 3 is 2.63 bits per heavy atom. The van der Waals surface area contributed by atoms with E-state index in [9.17, 15) is 18.8 Å². The number of amides is 3. The van der Waals surface area contributed by atoms with Crippen molar-refractivity contribution in [1.82, 2.24) is 10.2 Å². The van der Waals surface area contributed by atoms with E-state index in [1.807, 2.05) is 44.2 Å². The van der Waals surface area contributed by atoms with Gasteiger partial charge in [-0.25, -0.2) is 4.39 Å². The molecule has 5 rings (SSSR count). The van der Waals surface area contributed by atoms with Gasteiger partial charge in [0.2, 0.25) is 5.91 Å². The van der Waals surface area contributed by atoms with Gasteiger partial charge in [-0.3, -0.25) is 19.3 Å². The maximum atomic E-state index is 13.6. The summed E-state index contributed by atoms with van der Waals surface area (Å²) in [5.74, 6) is -0.176. The number of allylic oxidation sites excluding steroid dienone is 1. The summed E-state index contributed by atoms with van der Waals surface area (Å²) in [5, 5.41) is 5.79. The van der Waals surface area contributed by atoms with Crippen LogP contribution in [0.5, 0.6) is 0 Å². The largest absolute Gasteiger partial charge is 0.482 e. The molecule has 35 heavy (non-hydrogen) atoms. The van der Waals surface area contributed by atoms with Gasteiger partial charge in [-0.1, -0.05) is 36.0 Å². The Morgan fingerprint density at radius 2 is 1.91 bits per heavy atom. The molecule has 1 saturated heterocycles. The molecule has 0 aromatic heterocycles. The fourth-order valence-corrected chi connectivity index (χ4v) is 5.18. The number of fused-ring (bicyclic) bond motifs is 1. The van der Waals surface area contributed by atoms with Crippen molar-refractivity contribution in [2.45, 2.75) is 26.0 Å². The summed E-state index contributed by atoms with van der Waals surface area (Å²) in [6, 6.07) is 12.2. The molecule has 2 N–H and O–H groups in total. The molecule has 2 aromatic rings. The number of anilines is 1. The highest BCUT2D eigenvalue weighted by molar-refractivity contribution is 8.14. The number of nitrogens with one attached hydrogen (secondary N) is 2. The third kappa shape index (κ3) is 4.49. The average Bonchev–Trinajstić information content (AvgIpc) is 3.42. The molecule has 0 unspecified atom stereocenters. The molecule has 3 heterocycles. The quantitative estimate of drug-likeness (QED) is 0.464. The Hall–Kier alpha value is -3.43. The smallest absolute Gasteiger partial charge is 0.288 e. The number of imide groups is 1. The fraction of sp³-hybridized carbons (Fsp3) is 0.269. The van der Waals surface area contributed by atoms with Crippen LogP contribution in [0.4, 0.5) is 14.9 Å². The van der Waals surface area contributed by atoms with E-state index in [-0.39, 0.29) is 22.8 Å². The summed E-state index contributed by atoms with van der Waals surface area (Å²) in [7, 11) is 0. The lowest BCUT2D eigenvalue weighted by Gasteiger charge is -2.23. The zero-order valence-corrected chi connectivity index (χ0v) is 20.1. The predicted molar refractivity (Wildman–Crippen MR) is 133 cm³/mol. The SMILES string of the molecule is CC1(C)OC(=C2C(=O)Nc3cc(F)ccc32)C=C1c1ccc(CNCCN2C(=O)CSC2=O)cc1. The predicted octanol–water partition coefficient (Wildman–Crippen LogP) is 4.17. The van der Waals surface area contributed by atoms with Crippen LogP contribution in [-0.4, -0.2) is 46.4 Å². The van der Waals surface area contributed by atoms with Crippen LogP contribution in [0.25, 0.3) is 11.1 Å². The normalized spacial score (nSPS) is 20.7. The van der Waals surface area contributed by atoms with Gasteiger partial charge in [0.1, 0.15) is 17.2 Å². The number of halogens is 1. The van der Waals surface area contributed by atoms with Gasteiger partial charge in [-0.2, -0.15) is 0 Å². The van der Waals surface area contributed by atoms with Gasteiger partial charge in [-0.15, -0.1) is 0 Å². The van der Waals surface area contributed by atoms with E-state index < -0.39 is 11.4 Å². The molecule has 0 aliphatic carbocycles. The number of rotatable bonds is 6. The molecule has 2 aromatic carbocycles. The molecule has 3 amide bonds. The van der Waals surface area contributed by atoms with Crippen LogP contribution in [0.3, 0.4) is 0 Å². The third-order valence-corrected chi connectivity index (χ3v) is 7.07. The molecule has 0 bridgehead atoms. The molecule has 7 nitrogen and oxygen atoms in total. The van der Waals surface area contributed by atoms with Crippen LogP contribution in [0.1, 0.15) is 30.5 Å². The van der Waals surface area contributed by atoms with Crippen molar-refractivity contribution in [2.24, 2.45) is 0 Å². The first kappa shape index (κ1) is 23.3. The maximum absolute atomic E-state index is 13.6. The summed E-state index contributed by atoms with van der Waals surface area (Å²) in [5.41, 5.74) is 3.77. The number of hydrogen-bond acceptors (Lipinski definition) is 6. The molecule has 0 atom stereocenters. The number of carbonyl (C=O) groups is 3. The lowest BCUT2D eigenvalue weighted by atomic mass is 9.91. The molecular formula is C26H24FN3O4S. The first-order valence-corrected chi connectivity index (χ1v) is 12.3. The van der Waals surface area contributed by atoms with E-state index in [2.05, 4.69) is 10.6 Å². The zero-order valence-electron chi connectivity index (χ0n) is 19.3. The van der Waals surface area contributed by atoms with Gasteiger partial charge in [-0.05, 0) is 49.2 Å². The standard InChI is InChI=1S/C26H24FN3O4S/c1-26(2)19(12-21(34-26)23-18-8-7-17(27)11-20(18)29-24(23)32)16-5-3-15(4-6-16)13-28-9-10-30-22(31)14-35-25(30)33/h3-8,11-12,28H,9-10,13-14H2,1-2H3,(H,29,32). The minimum Gasteiger partial charge on any atom is -0.482 e. The Balaban J connectivity index is 1.29. The first-order valence-electron chi connectivity index (χ1n) is 11.3. The Bertz CT molecular complexity index is 1280. The Morgan fingerprint density at radius 1 is 1.14 bits per heavy atom. The van der Waals surface area contributed by atoms with Gasteiger partial charge in [0.15, 0.2) is 0 Å². The summed E-state index contributed by atoms with van der Waals surface area (Å²) in [6.07, 6.45) is 1.88. The minimum absolute atomic E-state index is 0.138. The zero-order chi connectivity index (χ0) is 24.7. The van der Waals surface area contributed by atoms with Crippen molar-refractivity contribution < 1.29 is 23.5 Å². The highest BCUT2D eigenvalue weighted by atomic mass is 32.2. The van der Waals surface area contributed by atoms with Crippen molar-refractivity contribution in [2.75, 3.05) is 24.2 Å². The first-order chi connectivity index (χ1) is 16.7. The fourth-order valence-electron chi connectivity index (χ4n) is 4.43. The van der Waals surface area contributed by atoms with Crippen LogP contribution in [0.15, 0.2) is 54.3 Å². The minimum atomic E-state index is -0.655. The van der Waals surface area contributed by atoms with Crippen LogP contribution < -0.4 is 10.6 Å². The lowest BCUT2D eigenvalue weighted by molar-refractivity contribution is -0.124. The van der Waals surface area contributed by atoms with E-state index in [4.69, 9.17) is 4.74 Å². The Kier molecular flexibility index (Phi) is 5.98. The van der Waals surface area contributed by atoms with Crippen LogP contribution in [0, 0.1) is 5.82 Å². The van der Waals surface area contributed by atoms with Crippen molar-refractivity contribution in [3.63, 3.8) is 0 Å². The molecule has 0 spiro atoms. The van der Waals surface area contributed by atoms with Gasteiger partial charge in [0.25, 0.3) is 11.1 Å². The molecule has 3 aliphatic rings. The van der Waals surface area contributed by atoms with Crippen molar-refractivity contribution in [3.05, 3.63) is 76.8 Å². The van der Waals surface area contributed by atoms with E-state index in [0.29, 0.717) is 42.2 Å². The number of thioether (sulfide) groups is 1. The summed E-state index contributed by atoms with van der Waals surface area (Å²) < 4.78 is 19.8. The number of hydrogen-bond donors (Lipinski definition) is 2. The van der Waals surface area contributed by atoms with Gasteiger partial charge < -0.3 is 15.4 Å². The monoisotopic (exact) mass is 493 g/mol. The molecule has 3 aliphatic heterocycles. The molecule has 180 valence electrons. The summed E-state index contributed by atoms with van der Waals surface area (Å²) in [4.78, 5) is 37.2. The van der Waals surface area contributed by atoms with Crippen LogP contribution in [-0.2, 0) is 20.9 Å². The second-order valence-electron chi connectivity index (χ2n) is 9.03. The van der Waals surface area contributed by atoms with E-state index in [0.717, 1.165) is 28.5 Å². The van der Waals surface area contributed by atoms with Gasteiger partial charge >= 0.3 is 0 Å². The van der Waals surface area contributed by atoms with E-state index >= 15 is 0 Å². The van der Waals surface area contributed by atoms with E-state index in [1.165, 1.54) is 17.0 Å². The maximum Gasteiger partial charge on any atom is 0.288 e. The molecule has 0 saturated carbocycles. The van der Waals surface area contributed by atoms with Crippen molar-refractivity contribution in [3.8, 4) is 0 Å². The summed E-state index contributed by atoms with van der Waals surface area (Å²) in [6.45, 7) is 5.38. The number of ether oxygens (including phenoxy) is 1. The molecule has 9 heteroatoms. The van der Waals surface area contributed by atoms with Crippen molar-refractivity contribution >= 4 is 45.6 Å². The average molecular weight is 494 g/mol. The third-order valence-electron chi connectivity index (χ3n) is 6.21. The lowest BCUT2D eigenvalue weighted by Crippen LogP contribution is -2.35. The molecular weight excluding hydrogens is 469 g/mol. The molecule has 1 fully saturated rings. The number of nitrogens with zero attached hydrogens (tertiary/aromatic N) is 1. The summed E-state index contributed by atoms with van der Waals surface area (Å²) >= 11 is 1.04. The van der Waals surface area contributed by atoms with Gasteiger partial charge in [0, 0.05) is 30.8 Å². The second kappa shape index (κ2) is 8.98. The van der Waals surface area contributed by atoms with Gasteiger partial charge in [0.05, 0.1) is 17.0 Å². The Labute approximate surface area is 206 Å². The second-order valence-corrected chi connectivity index (χ2v) is 9.95. The highest BCUT2D eigenvalue weighted by Gasteiger charge is 2.38. The topological polar surface area (TPSA) is 87.7 Å². The van der Waals surface area contributed by atoms with E-state index in [1.54, 1.807) is 6.07 Å². The highest BCUT2D eigenvalue weighted by Crippen LogP contribution is 2.44. The van der Waals surface area contributed by atoms with Crippen molar-refractivity contribution in [1.29, 1.82) is 0 Å². The number of benzene rings is 2. The number of carbonyl (C=O) groups excluding carboxylic acids is 3. The van der Waals surface area contributed by atoms with Crippen LogP contribution in [0.2, 0.25) is 0 Å². The van der Waals surface area contributed by atoms with Crippen LogP contribution >= 0.6 is 11.8 Å². The molecule has 0 radical (unpaired) electrons.